The number of benzene rings is 2. The average Bonchev–Trinajstić information content (AvgIpc) is 2.56. The molecule has 4 heteroatoms. The lowest BCUT2D eigenvalue weighted by molar-refractivity contribution is 1.17. The molecule has 0 saturated heterocycles. The molecular formula is C18H15N3S. The van der Waals surface area contributed by atoms with Gasteiger partial charge in [-0.3, -0.25) is 0 Å². The smallest absolute Gasteiger partial charge is 0.116 e. The summed E-state index contributed by atoms with van der Waals surface area (Å²) in [5.41, 5.74) is 4.47. The topological polar surface area (TPSA) is 48.7 Å². The number of para-hydroxylation sites is 1. The molecule has 0 amide bonds. The Morgan fingerprint density at radius 3 is 2.50 bits per heavy atom. The second-order valence-electron chi connectivity index (χ2n) is 4.99. The van der Waals surface area contributed by atoms with Crippen molar-refractivity contribution in [2.24, 2.45) is 0 Å². The van der Waals surface area contributed by atoms with E-state index in [9.17, 15) is 5.26 Å². The van der Waals surface area contributed by atoms with Crippen molar-refractivity contribution in [1.82, 2.24) is 4.98 Å². The zero-order valence-electron chi connectivity index (χ0n) is 12.4. The van der Waals surface area contributed by atoms with Crippen LogP contribution >= 0.6 is 11.8 Å². The van der Waals surface area contributed by atoms with Crippen molar-refractivity contribution in [3.05, 3.63) is 59.7 Å². The third kappa shape index (κ3) is 2.63. The van der Waals surface area contributed by atoms with Gasteiger partial charge in [-0.25, -0.2) is 4.98 Å². The number of nitrogens with zero attached hydrogens (tertiary/aromatic N) is 2. The quantitative estimate of drug-likeness (QED) is 0.701. The standard InChI is InChI=1S/C18H15N3S/c1-12-7-9-13(10-8-12)20-17-14-5-3-4-6-16(14)21-18(22-2)15(17)11-19/h3-10H,1-2H3,(H,20,21). The molecule has 22 heavy (non-hydrogen) atoms. The summed E-state index contributed by atoms with van der Waals surface area (Å²) in [7, 11) is 0. The van der Waals surface area contributed by atoms with Gasteiger partial charge in [-0.15, -0.1) is 11.8 Å². The fourth-order valence-electron chi connectivity index (χ4n) is 2.35. The number of nitriles is 1. The zero-order chi connectivity index (χ0) is 15.5. The summed E-state index contributed by atoms with van der Waals surface area (Å²) in [4.78, 5) is 4.58. The van der Waals surface area contributed by atoms with Gasteiger partial charge in [0, 0.05) is 11.1 Å². The highest BCUT2D eigenvalue weighted by molar-refractivity contribution is 7.98. The number of nitrogens with one attached hydrogen (secondary N) is 1. The van der Waals surface area contributed by atoms with Crippen LogP contribution in [0.2, 0.25) is 0 Å². The van der Waals surface area contributed by atoms with E-state index >= 15 is 0 Å². The molecule has 0 aliphatic rings. The fraction of sp³-hybridized carbons (Fsp3) is 0.111. The Labute approximate surface area is 134 Å². The minimum atomic E-state index is 0.590. The van der Waals surface area contributed by atoms with E-state index in [0.717, 1.165) is 27.3 Å². The Bertz CT molecular complexity index is 864. The number of fused-ring (bicyclic) bond motifs is 1. The van der Waals surface area contributed by atoms with Crippen LogP contribution in [0.1, 0.15) is 11.1 Å². The van der Waals surface area contributed by atoms with E-state index in [0.29, 0.717) is 5.56 Å². The van der Waals surface area contributed by atoms with Crippen molar-refractivity contribution in [1.29, 1.82) is 5.26 Å². The number of aryl methyl sites for hydroxylation is 1. The summed E-state index contributed by atoms with van der Waals surface area (Å²) in [5.74, 6) is 0. The third-order valence-electron chi connectivity index (χ3n) is 3.49. The summed E-state index contributed by atoms with van der Waals surface area (Å²) in [6, 6.07) is 18.3. The van der Waals surface area contributed by atoms with E-state index < -0.39 is 0 Å². The van der Waals surface area contributed by atoms with Gasteiger partial charge in [0.25, 0.3) is 0 Å². The van der Waals surface area contributed by atoms with Gasteiger partial charge in [-0.05, 0) is 31.4 Å². The monoisotopic (exact) mass is 305 g/mol. The summed E-state index contributed by atoms with van der Waals surface area (Å²) >= 11 is 1.49. The SMILES string of the molecule is CSc1nc2ccccc2c(Nc2ccc(C)cc2)c1C#N. The lowest BCUT2D eigenvalue weighted by Crippen LogP contribution is -1.99. The number of rotatable bonds is 3. The minimum Gasteiger partial charge on any atom is -0.354 e. The molecule has 0 spiro atoms. The van der Waals surface area contributed by atoms with Gasteiger partial charge < -0.3 is 5.32 Å². The van der Waals surface area contributed by atoms with Crippen LogP contribution in [0.3, 0.4) is 0 Å². The molecule has 0 radical (unpaired) electrons. The van der Waals surface area contributed by atoms with Gasteiger partial charge in [-0.1, -0.05) is 35.9 Å². The fourth-order valence-corrected chi connectivity index (χ4v) is 2.89. The van der Waals surface area contributed by atoms with Crippen molar-refractivity contribution in [3.63, 3.8) is 0 Å². The van der Waals surface area contributed by atoms with Crippen LogP contribution in [0.25, 0.3) is 10.9 Å². The number of anilines is 2. The molecule has 3 nitrogen and oxygen atoms in total. The number of pyridine rings is 1. The van der Waals surface area contributed by atoms with E-state index in [1.54, 1.807) is 0 Å². The van der Waals surface area contributed by atoms with Crippen LogP contribution in [0.15, 0.2) is 53.6 Å². The van der Waals surface area contributed by atoms with Crippen LogP contribution in [-0.4, -0.2) is 11.2 Å². The predicted octanol–water partition coefficient (Wildman–Crippen LogP) is 4.88. The van der Waals surface area contributed by atoms with E-state index in [4.69, 9.17) is 0 Å². The van der Waals surface area contributed by atoms with Crippen LogP contribution in [0.4, 0.5) is 11.4 Å². The van der Waals surface area contributed by atoms with Crippen molar-refractivity contribution >= 4 is 34.0 Å². The van der Waals surface area contributed by atoms with Gasteiger partial charge >= 0.3 is 0 Å². The number of thioether (sulfide) groups is 1. The molecular weight excluding hydrogens is 290 g/mol. The Kier molecular flexibility index (Phi) is 3.99. The summed E-state index contributed by atoms with van der Waals surface area (Å²) in [5, 5.41) is 14.7. The maximum Gasteiger partial charge on any atom is 0.116 e. The molecule has 0 unspecified atom stereocenters. The first-order valence-electron chi connectivity index (χ1n) is 6.93. The summed E-state index contributed by atoms with van der Waals surface area (Å²) in [6.07, 6.45) is 1.94. The van der Waals surface area contributed by atoms with E-state index in [1.165, 1.54) is 17.3 Å². The molecule has 0 atom stereocenters. The molecule has 0 saturated carbocycles. The Hall–Kier alpha value is -2.51. The van der Waals surface area contributed by atoms with Gasteiger partial charge in [0.05, 0.1) is 11.2 Å². The van der Waals surface area contributed by atoms with Crippen LogP contribution in [0.5, 0.6) is 0 Å². The number of aromatic nitrogens is 1. The van der Waals surface area contributed by atoms with E-state index in [-0.39, 0.29) is 0 Å². The highest BCUT2D eigenvalue weighted by Crippen LogP contribution is 2.34. The second kappa shape index (κ2) is 6.08. The van der Waals surface area contributed by atoms with Crippen molar-refractivity contribution in [2.75, 3.05) is 11.6 Å². The molecule has 0 aliphatic carbocycles. The molecule has 1 heterocycles. The minimum absolute atomic E-state index is 0.590. The summed E-state index contributed by atoms with van der Waals surface area (Å²) < 4.78 is 0. The molecule has 1 N–H and O–H groups in total. The first kappa shape index (κ1) is 14.4. The molecule has 0 fully saturated rings. The first-order chi connectivity index (χ1) is 10.7. The molecule has 108 valence electrons. The molecule has 2 aromatic carbocycles. The largest absolute Gasteiger partial charge is 0.354 e. The van der Waals surface area contributed by atoms with E-state index in [2.05, 4.69) is 23.3 Å². The van der Waals surface area contributed by atoms with Crippen LogP contribution in [-0.2, 0) is 0 Å². The number of hydrogen-bond acceptors (Lipinski definition) is 4. The Morgan fingerprint density at radius 2 is 1.82 bits per heavy atom. The number of hydrogen-bond donors (Lipinski definition) is 1. The lowest BCUT2D eigenvalue weighted by atomic mass is 10.1. The molecule has 1 aromatic heterocycles. The van der Waals surface area contributed by atoms with Gasteiger partial charge in [-0.2, -0.15) is 5.26 Å². The van der Waals surface area contributed by atoms with Crippen molar-refractivity contribution in [2.45, 2.75) is 11.9 Å². The van der Waals surface area contributed by atoms with Crippen LogP contribution in [0, 0.1) is 18.3 Å². The molecule has 0 aliphatic heterocycles. The lowest BCUT2D eigenvalue weighted by Gasteiger charge is -2.14. The maximum absolute atomic E-state index is 9.57. The van der Waals surface area contributed by atoms with Gasteiger partial charge in [0.15, 0.2) is 0 Å². The van der Waals surface area contributed by atoms with Gasteiger partial charge in [0.2, 0.25) is 0 Å². The van der Waals surface area contributed by atoms with Crippen molar-refractivity contribution in [3.8, 4) is 6.07 Å². The normalized spacial score (nSPS) is 10.4. The Balaban J connectivity index is 2.21. The summed E-state index contributed by atoms with van der Waals surface area (Å²) in [6.45, 7) is 2.05. The molecule has 3 rings (SSSR count). The predicted molar refractivity (Wildman–Crippen MR) is 92.7 cm³/mol. The van der Waals surface area contributed by atoms with Gasteiger partial charge in [0.1, 0.15) is 16.7 Å². The highest BCUT2D eigenvalue weighted by Gasteiger charge is 2.14. The maximum atomic E-state index is 9.57. The first-order valence-corrected chi connectivity index (χ1v) is 8.16. The highest BCUT2D eigenvalue weighted by atomic mass is 32.2. The van der Waals surface area contributed by atoms with E-state index in [1.807, 2.05) is 54.8 Å². The zero-order valence-corrected chi connectivity index (χ0v) is 13.2. The average molecular weight is 305 g/mol. The Morgan fingerprint density at radius 1 is 1.09 bits per heavy atom. The second-order valence-corrected chi connectivity index (χ2v) is 5.79. The third-order valence-corrected chi connectivity index (χ3v) is 4.17. The molecule has 0 bridgehead atoms. The van der Waals surface area contributed by atoms with Crippen LogP contribution < -0.4 is 5.32 Å². The molecule has 3 aromatic rings. The van der Waals surface area contributed by atoms with Crippen molar-refractivity contribution < 1.29 is 0 Å².